The Kier molecular flexibility index (Phi) is 9.88. The van der Waals surface area contributed by atoms with E-state index in [4.69, 9.17) is 9.57 Å². The number of benzene rings is 2. The summed E-state index contributed by atoms with van der Waals surface area (Å²) in [6, 6.07) is 11.9. The van der Waals surface area contributed by atoms with Crippen molar-refractivity contribution in [3.63, 3.8) is 0 Å². The molecule has 45 heavy (non-hydrogen) atoms. The van der Waals surface area contributed by atoms with Crippen LogP contribution in [0.15, 0.2) is 36.4 Å². The zero-order chi connectivity index (χ0) is 32.8. The summed E-state index contributed by atoms with van der Waals surface area (Å²) < 4.78 is 6.05. The van der Waals surface area contributed by atoms with Crippen LogP contribution >= 0.6 is 0 Å². The number of rotatable bonds is 11. The van der Waals surface area contributed by atoms with Crippen molar-refractivity contribution in [2.24, 2.45) is 29.1 Å². The van der Waals surface area contributed by atoms with Crippen LogP contribution in [0.1, 0.15) is 51.7 Å². The summed E-state index contributed by atoms with van der Waals surface area (Å²) in [6.45, 7) is 9.39. The van der Waals surface area contributed by atoms with Crippen LogP contribution in [-0.4, -0.2) is 92.3 Å². The third kappa shape index (κ3) is 6.47. The molecule has 0 radical (unpaired) electrons. The Balaban J connectivity index is 1.45. The Bertz CT molecular complexity index is 1360. The fraction of sp³-hybridized carbons (Fsp3) is 0.639. The number of carbonyl (C=O) groups is 1. The monoisotopic (exact) mass is 622 g/mol. The van der Waals surface area contributed by atoms with Gasteiger partial charge in [0.15, 0.2) is 0 Å². The highest BCUT2D eigenvalue weighted by Crippen LogP contribution is 2.61. The fourth-order valence-electron chi connectivity index (χ4n) is 8.37. The average Bonchev–Trinajstić information content (AvgIpc) is 3.35. The van der Waals surface area contributed by atoms with Crippen LogP contribution in [0.3, 0.4) is 0 Å². The molecule has 9 nitrogen and oxygen atoms in total. The number of nitrogens with zero attached hydrogens (tertiary/aromatic N) is 3. The lowest BCUT2D eigenvalue weighted by Gasteiger charge is -2.62. The molecular weight excluding hydrogens is 568 g/mol. The molecule has 3 N–H and O–H groups in total. The smallest absolute Gasteiger partial charge is 0.240 e. The Labute approximate surface area is 269 Å². The van der Waals surface area contributed by atoms with Crippen molar-refractivity contribution in [1.29, 1.82) is 0 Å². The van der Waals surface area contributed by atoms with Crippen LogP contribution in [0.5, 0.6) is 5.75 Å². The number of hydroxylamine groups is 2. The van der Waals surface area contributed by atoms with Gasteiger partial charge in [0.2, 0.25) is 5.91 Å². The van der Waals surface area contributed by atoms with E-state index >= 15 is 0 Å². The molecule has 4 fully saturated rings. The number of aliphatic hydroxyl groups excluding tert-OH is 2. The second kappa shape index (κ2) is 13.2. The Morgan fingerprint density at radius 2 is 1.91 bits per heavy atom. The van der Waals surface area contributed by atoms with Crippen LogP contribution < -0.4 is 15.0 Å². The first-order valence-electron chi connectivity index (χ1n) is 16.4. The SMILES string of the molecule is COc1c(CN2O[C@@H](CO)[C@@H]([C@H](C)O)[C@H]2C(=O)N[C@H]2C[C@H]3C[C@@H]([C@@H]2C)C3(C)C)cccc1-c1cc(CN(C)C)cc(N(C)C)c1. The summed E-state index contributed by atoms with van der Waals surface area (Å²) in [5, 5.41) is 26.1. The predicted molar refractivity (Wildman–Crippen MR) is 178 cm³/mol. The van der Waals surface area contributed by atoms with Crippen LogP contribution in [0.25, 0.3) is 11.1 Å². The third-order valence-corrected chi connectivity index (χ3v) is 11.0. The van der Waals surface area contributed by atoms with E-state index < -0.39 is 24.2 Å². The molecule has 2 bridgehead atoms. The molecule has 2 aromatic carbocycles. The van der Waals surface area contributed by atoms with Crippen molar-refractivity contribution < 1.29 is 24.6 Å². The highest BCUT2D eigenvalue weighted by atomic mass is 16.7. The van der Waals surface area contributed by atoms with Gasteiger partial charge in [-0.25, -0.2) is 0 Å². The average molecular weight is 623 g/mol. The molecule has 1 saturated heterocycles. The predicted octanol–water partition coefficient (Wildman–Crippen LogP) is 4.15. The van der Waals surface area contributed by atoms with E-state index in [1.54, 1.807) is 19.1 Å². The molecule has 3 aliphatic carbocycles. The van der Waals surface area contributed by atoms with E-state index in [1.165, 1.54) is 12.0 Å². The van der Waals surface area contributed by atoms with Crippen LogP contribution in [0.4, 0.5) is 5.69 Å². The van der Waals surface area contributed by atoms with Gasteiger partial charge in [0.25, 0.3) is 0 Å². The highest BCUT2D eigenvalue weighted by molar-refractivity contribution is 5.83. The number of nitrogens with one attached hydrogen (secondary N) is 1. The van der Waals surface area contributed by atoms with Crippen LogP contribution in [0, 0.1) is 29.1 Å². The molecule has 3 saturated carbocycles. The van der Waals surface area contributed by atoms with Gasteiger partial charge in [-0.3, -0.25) is 9.63 Å². The van der Waals surface area contributed by atoms with Gasteiger partial charge in [-0.15, -0.1) is 0 Å². The van der Waals surface area contributed by atoms with Gasteiger partial charge >= 0.3 is 0 Å². The molecule has 4 aliphatic rings. The summed E-state index contributed by atoms with van der Waals surface area (Å²) >= 11 is 0. The van der Waals surface area contributed by atoms with Crippen molar-refractivity contribution >= 4 is 11.6 Å². The van der Waals surface area contributed by atoms with Crippen LogP contribution in [-0.2, 0) is 22.7 Å². The number of amides is 1. The normalized spacial score (nSPS) is 29.7. The molecule has 9 heteroatoms. The lowest BCUT2D eigenvalue weighted by molar-refractivity contribution is -0.183. The molecule has 0 aromatic heterocycles. The fourth-order valence-corrected chi connectivity index (χ4v) is 8.37. The molecule has 8 atom stereocenters. The Morgan fingerprint density at radius 1 is 1.18 bits per heavy atom. The lowest BCUT2D eigenvalue weighted by Crippen LogP contribution is -2.62. The summed E-state index contributed by atoms with van der Waals surface area (Å²) in [4.78, 5) is 24.6. The van der Waals surface area contributed by atoms with Gasteiger partial charge < -0.3 is 30.1 Å². The number of hydrogen-bond acceptors (Lipinski definition) is 8. The molecule has 0 unspecified atom stereocenters. The number of methoxy groups -OCH3 is 1. The number of hydrogen-bond donors (Lipinski definition) is 3. The molecule has 0 spiro atoms. The minimum absolute atomic E-state index is 0.0807. The summed E-state index contributed by atoms with van der Waals surface area (Å²) in [7, 11) is 9.86. The van der Waals surface area contributed by atoms with E-state index in [-0.39, 0.29) is 25.1 Å². The van der Waals surface area contributed by atoms with E-state index in [1.807, 2.05) is 26.2 Å². The van der Waals surface area contributed by atoms with Crippen molar-refractivity contribution in [2.75, 3.05) is 46.8 Å². The Hall–Kier alpha value is -2.69. The minimum Gasteiger partial charge on any atom is -0.496 e. The number of ether oxygens (including phenoxy) is 1. The topological polar surface area (TPSA) is 97.7 Å². The van der Waals surface area contributed by atoms with Crippen molar-refractivity contribution in [1.82, 2.24) is 15.3 Å². The van der Waals surface area contributed by atoms with Gasteiger partial charge in [0.05, 0.1) is 26.4 Å². The summed E-state index contributed by atoms with van der Waals surface area (Å²) in [6.07, 6.45) is 0.643. The Morgan fingerprint density at radius 3 is 2.49 bits per heavy atom. The molecule has 248 valence electrons. The first-order chi connectivity index (χ1) is 21.3. The zero-order valence-corrected chi connectivity index (χ0v) is 28.6. The maximum absolute atomic E-state index is 14.1. The van der Waals surface area contributed by atoms with Crippen molar-refractivity contribution in [3.8, 4) is 16.9 Å². The number of anilines is 1. The molecule has 1 heterocycles. The van der Waals surface area contributed by atoms with E-state index in [2.05, 4.69) is 74.2 Å². The van der Waals surface area contributed by atoms with Gasteiger partial charge in [-0.2, -0.15) is 5.06 Å². The molecule has 1 aliphatic heterocycles. The number of carbonyl (C=O) groups excluding carboxylic acids is 1. The van der Waals surface area contributed by atoms with E-state index in [0.717, 1.165) is 35.3 Å². The molecule has 2 aromatic rings. The van der Waals surface area contributed by atoms with Crippen LogP contribution in [0.2, 0.25) is 0 Å². The van der Waals surface area contributed by atoms with E-state index in [0.29, 0.717) is 28.9 Å². The van der Waals surface area contributed by atoms with Gasteiger partial charge in [-0.1, -0.05) is 39.0 Å². The van der Waals surface area contributed by atoms with Gasteiger partial charge in [0.1, 0.15) is 17.9 Å². The molecule has 1 amide bonds. The number of aliphatic hydroxyl groups is 2. The summed E-state index contributed by atoms with van der Waals surface area (Å²) in [5.41, 5.74) is 5.44. The molecule has 6 rings (SSSR count). The lowest BCUT2D eigenvalue weighted by atomic mass is 9.45. The van der Waals surface area contributed by atoms with Gasteiger partial charge in [-0.05, 0) is 86.4 Å². The maximum Gasteiger partial charge on any atom is 0.240 e. The zero-order valence-electron chi connectivity index (χ0n) is 28.6. The first kappa shape index (κ1) is 33.7. The second-order valence-corrected chi connectivity index (χ2v) is 14.8. The second-order valence-electron chi connectivity index (χ2n) is 14.8. The maximum atomic E-state index is 14.1. The number of para-hydroxylation sites is 1. The quantitative estimate of drug-likeness (QED) is 0.344. The standard InChI is InChI=1S/C36H54N4O5/c1-21-29-16-26(36(29,3)4)17-30(21)37-35(43)33-32(22(2)42)31(20-41)45-40(33)19-24-11-10-12-28(34(24)44-9)25-13-23(18-38(5)6)14-27(15-25)39(7)8/h10-15,21-22,26,29-33,41-42H,16-20H2,1-9H3,(H,37,43)/t21-,22-,26+,29-,30-,31-,32+,33-/m0/s1. The van der Waals surface area contributed by atoms with E-state index in [9.17, 15) is 15.0 Å². The van der Waals surface area contributed by atoms with Crippen molar-refractivity contribution in [2.45, 2.75) is 77.9 Å². The number of fused-ring (bicyclic) bond motifs is 2. The first-order valence-corrected chi connectivity index (χ1v) is 16.4. The van der Waals surface area contributed by atoms with Gasteiger partial charge in [0, 0.05) is 49.4 Å². The van der Waals surface area contributed by atoms with Crippen molar-refractivity contribution in [3.05, 3.63) is 47.5 Å². The summed E-state index contributed by atoms with van der Waals surface area (Å²) in [5.74, 6) is 1.53. The molecular formula is C36H54N4O5. The highest BCUT2D eigenvalue weighted by Gasteiger charge is 2.57. The third-order valence-electron chi connectivity index (χ3n) is 11.0. The largest absolute Gasteiger partial charge is 0.496 e. The minimum atomic E-state index is -0.851.